The van der Waals surface area contributed by atoms with Crippen molar-refractivity contribution in [3.05, 3.63) is 24.3 Å². The fourth-order valence-electron chi connectivity index (χ4n) is 1.43. The minimum absolute atomic E-state index is 0.194. The molecule has 1 rings (SSSR count). The van der Waals surface area contributed by atoms with Gasteiger partial charge in [0.25, 0.3) is 0 Å². The van der Waals surface area contributed by atoms with Crippen molar-refractivity contribution in [2.45, 2.75) is 35.3 Å². The molecular weight excluding hydrogens is 276 g/mol. The van der Waals surface area contributed by atoms with Crippen molar-refractivity contribution in [1.82, 2.24) is 0 Å². The van der Waals surface area contributed by atoms with Crippen LogP contribution in [0.25, 0.3) is 0 Å². The smallest absolute Gasteiger partial charge is 0.179 e. The van der Waals surface area contributed by atoms with Gasteiger partial charge in [-0.3, -0.25) is 0 Å². The maximum atomic E-state index is 12.1. The first-order valence-electron chi connectivity index (χ1n) is 5.55. The van der Waals surface area contributed by atoms with E-state index in [4.69, 9.17) is 11.6 Å². The van der Waals surface area contributed by atoms with Crippen LogP contribution in [0.4, 0.5) is 0 Å². The lowest BCUT2D eigenvalue weighted by atomic mass is 10.4. The number of benzene rings is 1. The van der Waals surface area contributed by atoms with Crippen LogP contribution in [-0.4, -0.2) is 25.3 Å². The van der Waals surface area contributed by atoms with Crippen molar-refractivity contribution >= 4 is 33.2 Å². The van der Waals surface area contributed by atoms with Crippen molar-refractivity contribution < 1.29 is 8.42 Å². The highest BCUT2D eigenvalue weighted by Gasteiger charge is 2.18. The minimum Gasteiger partial charge on any atom is -0.224 e. The highest BCUT2D eigenvalue weighted by atomic mass is 35.5. The quantitative estimate of drug-likeness (QED) is 0.593. The Morgan fingerprint density at radius 1 is 1.35 bits per heavy atom. The predicted molar refractivity (Wildman–Crippen MR) is 74.8 cm³/mol. The molecule has 0 fully saturated rings. The molecule has 0 aliphatic heterocycles. The molecule has 1 aromatic rings. The van der Waals surface area contributed by atoms with E-state index in [0.29, 0.717) is 17.2 Å². The summed E-state index contributed by atoms with van der Waals surface area (Å²) in [5, 5.41) is 0.203. The summed E-state index contributed by atoms with van der Waals surface area (Å²) < 4.78 is 24.2. The molecule has 0 N–H and O–H groups in total. The van der Waals surface area contributed by atoms with E-state index in [9.17, 15) is 8.42 Å². The maximum absolute atomic E-state index is 12.1. The minimum atomic E-state index is -3.16. The van der Waals surface area contributed by atoms with Gasteiger partial charge in [-0.2, -0.15) is 0 Å². The first-order valence-corrected chi connectivity index (χ1v) is 8.62. The lowest BCUT2D eigenvalue weighted by molar-refractivity contribution is 0.592. The van der Waals surface area contributed by atoms with Crippen LogP contribution < -0.4 is 0 Å². The molecule has 17 heavy (non-hydrogen) atoms. The fraction of sp³-hybridized carbons (Fsp3) is 0.500. The van der Waals surface area contributed by atoms with Gasteiger partial charge in [0, 0.05) is 16.0 Å². The normalized spacial score (nSPS) is 13.6. The zero-order valence-electron chi connectivity index (χ0n) is 10.0. The second kappa shape index (κ2) is 6.66. The number of rotatable bonds is 6. The topological polar surface area (TPSA) is 34.1 Å². The number of hydrogen-bond acceptors (Lipinski definition) is 3. The van der Waals surface area contributed by atoms with Crippen molar-refractivity contribution in [2.75, 3.05) is 11.6 Å². The average Bonchev–Trinajstić information content (AvgIpc) is 2.29. The van der Waals surface area contributed by atoms with Crippen LogP contribution in [0, 0.1) is 0 Å². The second-order valence-corrected chi connectivity index (χ2v) is 7.71. The molecule has 0 aliphatic carbocycles. The Morgan fingerprint density at radius 3 is 2.59 bits per heavy atom. The van der Waals surface area contributed by atoms with Crippen LogP contribution in [0.3, 0.4) is 0 Å². The van der Waals surface area contributed by atoms with Crippen LogP contribution >= 0.6 is 23.4 Å². The molecule has 5 heteroatoms. The molecule has 2 nitrogen and oxygen atoms in total. The lowest BCUT2D eigenvalue weighted by Crippen LogP contribution is -2.08. The zero-order chi connectivity index (χ0) is 12.9. The Kier molecular flexibility index (Phi) is 5.83. The third-order valence-corrected chi connectivity index (χ3v) is 6.13. The van der Waals surface area contributed by atoms with E-state index in [1.165, 1.54) is 11.8 Å². The Morgan fingerprint density at radius 2 is 2.00 bits per heavy atom. The SMILES string of the molecule is CCCS(=O)(=O)c1ccccc1SC(C)CCl. The fourth-order valence-corrected chi connectivity index (χ4v) is 4.40. The van der Waals surface area contributed by atoms with Crippen molar-refractivity contribution in [3.63, 3.8) is 0 Å². The van der Waals surface area contributed by atoms with E-state index in [0.717, 1.165) is 4.90 Å². The summed E-state index contributed by atoms with van der Waals surface area (Å²) in [6.07, 6.45) is 0.631. The standard InChI is InChI=1S/C12H17ClO2S2/c1-3-8-17(14,15)12-7-5-4-6-11(12)16-10(2)9-13/h4-7,10H,3,8-9H2,1-2H3. The van der Waals surface area contributed by atoms with Gasteiger partial charge in [-0.15, -0.1) is 23.4 Å². The van der Waals surface area contributed by atoms with Gasteiger partial charge in [-0.1, -0.05) is 26.0 Å². The van der Waals surface area contributed by atoms with Gasteiger partial charge in [0.2, 0.25) is 0 Å². The third kappa shape index (κ3) is 4.19. The summed E-state index contributed by atoms with van der Waals surface area (Å²) >= 11 is 7.27. The molecule has 0 spiro atoms. The van der Waals surface area contributed by atoms with E-state index in [2.05, 4.69) is 0 Å². The second-order valence-electron chi connectivity index (χ2n) is 3.85. The van der Waals surface area contributed by atoms with Gasteiger partial charge in [0.15, 0.2) is 9.84 Å². The largest absolute Gasteiger partial charge is 0.224 e. The number of thioether (sulfide) groups is 1. The van der Waals surface area contributed by atoms with Gasteiger partial charge in [0.05, 0.1) is 10.6 Å². The molecule has 96 valence electrons. The maximum Gasteiger partial charge on any atom is 0.179 e. The molecule has 1 atom stereocenters. The number of halogens is 1. The molecule has 1 unspecified atom stereocenters. The number of hydrogen-bond donors (Lipinski definition) is 0. The molecule has 0 heterocycles. The van der Waals surface area contributed by atoms with Crippen LogP contribution in [-0.2, 0) is 9.84 Å². The summed E-state index contributed by atoms with van der Waals surface area (Å²) in [6.45, 7) is 3.86. The Hall–Kier alpha value is -0.190. The van der Waals surface area contributed by atoms with E-state index >= 15 is 0 Å². The molecule has 0 radical (unpaired) electrons. The Bertz CT molecular complexity index is 457. The van der Waals surface area contributed by atoms with Gasteiger partial charge >= 0.3 is 0 Å². The van der Waals surface area contributed by atoms with E-state index in [-0.39, 0.29) is 11.0 Å². The summed E-state index contributed by atoms with van der Waals surface area (Å²) in [5.74, 6) is 0.701. The Balaban J connectivity index is 3.08. The average molecular weight is 293 g/mol. The molecule has 0 aromatic heterocycles. The molecular formula is C12H17ClO2S2. The van der Waals surface area contributed by atoms with E-state index < -0.39 is 9.84 Å². The molecule has 0 amide bonds. The van der Waals surface area contributed by atoms with Crippen LogP contribution in [0.5, 0.6) is 0 Å². The van der Waals surface area contributed by atoms with Crippen molar-refractivity contribution in [3.8, 4) is 0 Å². The zero-order valence-corrected chi connectivity index (χ0v) is 12.4. The van der Waals surface area contributed by atoms with Gasteiger partial charge < -0.3 is 0 Å². The van der Waals surface area contributed by atoms with Crippen LogP contribution in [0.2, 0.25) is 0 Å². The first-order chi connectivity index (χ1) is 8.01. The van der Waals surface area contributed by atoms with E-state index in [1.807, 2.05) is 26.0 Å². The predicted octanol–water partition coefficient (Wildman–Crippen LogP) is 3.59. The van der Waals surface area contributed by atoms with Crippen LogP contribution in [0.1, 0.15) is 20.3 Å². The summed E-state index contributed by atoms with van der Waals surface area (Å²) in [4.78, 5) is 1.23. The Labute approximate surface area is 113 Å². The lowest BCUT2D eigenvalue weighted by Gasteiger charge is -2.12. The van der Waals surface area contributed by atoms with Crippen LogP contribution in [0.15, 0.2) is 34.1 Å². The molecule has 0 saturated carbocycles. The number of sulfone groups is 1. The third-order valence-electron chi connectivity index (χ3n) is 2.20. The first kappa shape index (κ1) is 14.9. The van der Waals surface area contributed by atoms with Gasteiger partial charge in [0.1, 0.15) is 0 Å². The molecule has 0 bridgehead atoms. The van der Waals surface area contributed by atoms with Gasteiger partial charge in [-0.25, -0.2) is 8.42 Å². The van der Waals surface area contributed by atoms with Crippen molar-refractivity contribution in [2.24, 2.45) is 0 Å². The molecule has 0 aliphatic rings. The highest BCUT2D eigenvalue weighted by Crippen LogP contribution is 2.30. The molecule has 1 aromatic carbocycles. The van der Waals surface area contributed by atoms with E-state index in [1.54, 1.807) is 12.1 Å². The summed E-state index contributed by atoms with van der Waals surface area (Å²) in [5.41, 5.74) is 0. The highest BCUT2D eigenvalue weighted by molar-refractivity contribution is 8.00. The number of alkyl halides is 1. The molecule has 0 saturated heterocycles. The summed E-state index contributed by atoms with van der Waals surface area (Å²) in [6, 6.07) is 7.14. The van der Waals surface area contributed by atoms with Crippen molar-refractivity contribution in [1.29, 1.82) is 0 Å². The summed E-state index contributed by atoms with van der Waals surface area (Å²) in [7, 11) is -3.16. The monoisotopic (exact) mass is 292 g/mol. The van der Waals surface area contributed by atoms with Gasteiger partial charge in [-0.05, 0) is 18.6 Å².